The van der Waals surface area contributed by atoms with Crippen molar-refractivity contribution < 1.29 is 0 Å². The van der Waals surface area contributed by atoms with Crippen LogP contribution in [0.3, 0.4) is 0 Å². The number of rotatable bonds is 7. The van der Waals surface area contributed by atoms with Gasteiger partial charge in [0.05, 0.1) is 11.9 Å². The molecule has 0 amide bonds. The van der Waals surface area contributed by atoms with Gasteiger partial charge in [0.15, 0.2) is 0 Å². The van der Waals surface area contributed by atoms with E-state index in [-0.39, 0.29) is 5.56 Å². The predicted octanol–water partition coefficient (Wildman–Crippen LogP) is 2.19. The van der Waals surface area contributed by atoms with E-state index >= 15 is 0 Å². The van der Waals surface area contributed by atoms with Crippen LogP contribution in [-0.4, -0.2) is 25.9 Å². The average Bonchev–Trinajstić information content (AvgIpc) is 2.88. The number of hydrogen-bond donors (Lipinski definition) is 1. The van der Waals surface area contributed by atoms with E-state index in [4.69, 9.17) is 0 Å². The summed E-state index contributed by atoms with van der Waals surface area (Å²) in [6, 6.07) is 0. The first kappa shape index (κ1) is 15.8. The molecule has 0 saturated carbocycles. The van der Waals surface area contributed by atoms with E-state index < -0.39 is 0 Å². The highest BCUT2D eigenvalue weighted by molar-refractivity contribution is 9.10. The van der Waals surface area contributed by atoms with Crippen LogP contribution in [0.15, 0.2) is 27.9 Å². The molecule has 2 aromatic heterocycles. The van der Waals surface area contributed by atoms with Crippen LogP contribution >= 0.6 is 15.9 Å². The van der Waals surface area contributed by atoms with Crippen molar-refractivity contribution in [2.45, 2.75) is 32.7 Å². The number of nitrogens with zero attached hydrogens (tertiary/aromatic N) is 4. The van der Waals surface area contributed by atoms with Gasteiger partial charge in [-0.05, 0) is 22.4 Å². The number of anilines is 1. The maximum absolute atomic E-state index is 12.1. The first-order chi connectivity index (χ1) is 10.1. The highest BCUT2D eigenvalue weighted by Crippen LogP contribution is 2.16. The van der Waals surface area contributed by atoms with Crippen LogP contribution in [0.5, 0.6) is 0 Å². The highest BCUT2D eigenvalue weighted by Gasteiger charge is 2.08. The number of hydrogen-bond acceptors (Lipinski definition) is 4. The molecule has 0 aromatic carbocycles. The molecule has 0 atom stereocenters. The van der Waals surface area contributed by atoms with Gasteiger partial charge in [0.1, 0.15) is 10.3 Å². The third kappa shape index (κ3) is 3.93. The van der Waals surface area contributed by atoms with Crippen LogP contribution in [0.2, 0.25) is 0 Å². The molecule has 2 heterocycles. The second-order valence-electron chi connectivity index (χ2n) is 4.89. The monoisotopic (exact) mass is 353 g/mol. The number of aromatic nitrogens is 4. The molecule has 114 valence electrons. The minimum atomic E-state index is -0.0922. The van der Waals surface area contributed by atoms with Gasteiger partial charge >= 0.3 is 0 Å². The largest absolute Gasteiger partial charge is 0.382 e. The summed E-state index contributed by atoms with van der Waals surface area (Å²) in [5.41, 5.74) is 0.632. The molecule has 1 N–H and O–H groups in total. The van der Waals surface area contributed by atoms with Crippen molar-refractivity contribution in [1.29, 1.82) is 0 Å². The molecule has 0 saturated heterocycles. The Morgan fingerprint density at radius 2 is 2.24 bits per heavy atom. The first-order valence-corrected chi connectivity index (χ1v) is 7.88. The number of halogens is 1. The Morgan fingerprint density at radius 3 is 2.90 bits per heavy atom. The minimum Gasteiger partial charge on any atom is -0.382 e. The summed E-state index contributed by atoms with van der Waals surface area (Å²) in [5, 5.41) is 7.43. The molecule has 0 aliphatic heterocycles. The van der Waals surface area contributed by atoms with Gasteiger partial charge in [-0.1, -0.05) is 13.3 Å². The summed E-state index contributed by atoms with van der Waals surface area (Å²) >= 11 is 3.36. The zero-order valence-corrected chi connectivity index (χ0v) is 13.9. The summed E-state index contributed by atoms with van der Waals surface area (Å²) in [6.07, 6.45) is 8.17. The fourth-order valence-electron chi connectivity index (χ4n) is 2.00. The van der Waals surface area contributed by atoms with Crippen LogP contribution in [0.25, 0.3) is 0 Å². The first-order valence-electron chi connectivity index (χ1n) is 7.09. The molecule has 7 heteroatoms. The van der Waals surface area contributed by atoms with Crippen molar-refractivity contribution in [3.8, 4) is 0 Å². The molecule has 2 rings (SSSR count). The van der Waals surface area contributed by atoms with Gasteiger partial charge in [-0.15, -0.1) is 0 Å². The topological polar surface area (TPSA) is 64.7 Å². The normalized spacial score (nSPS) is 10.8. The van der Waals surface area contributed by atoms with Gasteiger partial charge in [0.25, 0.3) is 5.56 Å². The lowest BCUT2D eigenvalue weighted by Crippen LogP contribution is -2.25. The molecule has 0 bridgehead atoms. The summed E-state index contributed by atoms with van der Waals surface area (Å²) in [6.45, 7) is 3.44. The van der Waals surface area contributed by atoms with Gasteiger partial charge in [-0.25, -0.2) is 9.67 Å². The van der Waals surface area contributed by atoms with Crippen LogP contribution < -0.4 is 10.9 Å². The summed E-state index contributed by atoms with van der Waals surface area (Å²) < 4.78 is 4.02. The van der Waals surface area contributed by atoms with E-state index in [1.807, 2.05) is 17.8 Å². The lowest BCUT2D eigenvalue weighted by atomic mass is 10.3. The molecular weight excluding hydrogens is 334 g/mol. The third-order valence-corrected chi connectivity index (χ3v) is 4.06. The van der Waals surface area contributed by atoms with Crippen molar-refractivity contribution in [2.24, 2.45) is 7.05 Å². The van der Waals surface area contributed by atoms with E-state index in [0.29, 0.717) is 17.6 Å². The molecule has 2 aromatic rings. The van der Waals surface area contributed by atoms with Gasteiger partial charge in [0.2, 0.25) is 0 Å². The molecule has 21 heavy (non-hydrogen) atoms. The number of nitrogens with one attached hydrogen (secondary N) is 1. The molecular formula is C14H20BrN5O. The Bertz CT molecular complexity index is 649. The van der Waals surface area contributed by atoms with Crippen molar-refractivity contribution in [1.82, 2.24) is 19.3 Å². The van der Waals surface area contributed by atoms with Crippen molar-refractivity contribution in [3.63, 3.8) is 0 Å². The van der Waals surface area contributed by atoms with Crippen LogP contribution in [0.1, 0.15) is 25.6 Å². The molecule has 0 aliphatic rings. The average molecular weight is 354 g/mol. The number of aryl methyl sites for hydroxylation is 2. The molecule has 6 nitrogen and oxygen atoms in total. The maximum Gasteiger partial charge on any atom is 0.283 e. The van der Waals surface area contributed by atoms with Crippen LogP contribution in [-0.2, 0) is 20.0 Å². The van der Waals surface area contributed by atoms with E-state index in [9.17, 15) is 4.79 Å². The van der Waals surface area contributed by atoms with E-state index in [1.54, 1.807) is 12.4 Å². The second kappa shape index (κ2) is 7.40. The Labute approximate surface area is 132 Å². The summed E-state index contributed by atoms with van der Waals surface area (Å²) in [5.74, 6) is 1.00. The lowest BCUT2D eigenvalue weighted by Gasteiger charge is -2.10. The fourth-order valence-corrected chi connectivity index (χ4v) is 2.45. The van der Waals surface area contributed by atoms with Gasteiger partial charge in [-0.3, -0.25) is 4.79 Å². The standard InChI is InChI=1S/C14H20BrN5O/c1-3-4-8-20-14(21)13(15)11(10-18-20)16-6-5-12-17-7-9-19(12)2/h7,9-10,16H,3-6,8H2,1-2H3. The summed E-state index contributed by atoms with van der Waals surface area (Å²) in [4.78, 5) is 16.4. The Balaban J connectivity index is 1.99. The Morgan fingerprint density at radius 1 is 1.43 bits per heavy atom. The van der Waals surface area contributed by atoms with Crippen molar-refractivity contribution in [2.75, 3.05) is 11.9 Å². The smallest absolute Gasteiger partial charge is 0.283 e. The van der Waals surface area contributed by atoms with Gasteiger partial charge in [0, 0.05) is 39.0 Å². The zero-order chi connectivity index (χ0) is 15.2. The summed E-state index contributed by atoms with van der Waals surface area (Å²) in [7, 11) is 1.97. The Kier molecular flexibility index (Phi) is 5.55. The molecule has 0 aliphatic carbocycles. The molecule has 0 spiro atoms. The van der Waals surface area contributed by atoms with Crippen molar-refractivity contribution >= 4 is 21.6 Å². The SMILES string of the molecule is CCCCn1ncc(NCCc2nccn2C)c(Br)c1=O. The van der Waals surface area contributed by atoms with Crippen LogP contribution in [0.4, 0.5) is 5.69 Å². The molecule has 0 radical (unpaired) electrons. The lowest BCUT2D eigenvalue weighted by molar-refractivity contribution is 0.541. The van der Waals surface area contributed by atoms with Crippen molar-refractivity contribution in [3.05, 3.63) is 39.2 Å². The number of imidazole rings is 1. The number of unbranched alkanes of at least 4 members (excludes halogenated alkanes) is 1. The van der Waals surface area contributed by atoms with E-state index in [2.05, 4.69) is 38.3 Å². The highest BCUT2D eigenvalue weighted by atomic mass is 79.9. The molecule has 0 unspecified atom stereocenters. The zero-order valence-electron chi connectivity index (χ0n) is 12.3. The van der Waals surface area contributed by atoms with Gasteiger partial charge in [-0.2, -0.15) is 5.10 Å². The molecule has 0 fully saturated rings. The fraction of sp³-hybridized carbons (Fsp3) is 0.500. The van der Waals surface area contributed by atoms with Gasteiger partial charge < -0.3 is 9.88 Å². The quantitative estimate of drug-likeness (QED) is 0.828. The van der Waals surface area contributed by atoms with E-state index in [0.717, 1.165) is 30.8 Å². The van der Waals surface area contributed by atoms with E-state index in [1.165, 1.54) is 4.68 Å². The maximum atomic E-state index is 12.1. The minimum absolute atomic E-state index is 0.0922. The third-order valence-electron chi connectivity index (χ3n) is 3.29. The van der Waals surface area contributed by atoms with Crippen LogP contribution in [0, 0.1) is 0 Å². The predicted molar refractivity (Wildman–Crippen MR) is 86.5 cm³/mol. The second-order valence-corrected chi connectivity index (χ2v) is 5.68. The Hall–Kier alpha value is -1.63.